The van der Waals surface area contributed by atoms with Gasteiger partial charge in [-0.25, -0.2) is 0 Å². The lowest BCUT2D eigenvalue weighted by molar-refractivity contribution is 0.0783. The van der Waals surface area contributed by atoms with Gasteiger partial charge in [0.25, 0.3) is 5.91 Å². The summed E-state index contributed by atoms with van der Waals surface area (Å²) in [6, 6.07) is 9.31. The summed E-state index contributed by atoms with van der Waals surface area (Å²) in [6.07, 6.45) is 0. The van der Waals surface area contributed by atoms with E-state index in [9.17, 15) is 4.79 Å². The SMILES string of the molecule is CCOc1c(CN(C)C(=O)c2cc(C)nc(C)c2)cccc1OC. The fourth-order valence-corrected chi connectivity index (χ4v) is 2.66. The number of methoxy groups -OCH3 is 1. The first-order chi connectivity index (χ1) is 11.5. The minimum Gasteiger partial charge on any atom is -0.493 e. The minimum atomic E-state index is -0.0473. The molecule has 1 heterocycles. The smallest absolute Gasteiger partial charge is 0.254 e. The molecule has 0 atom stereocenters. The first kappa shape index (κ1) is 17.8. The van der Waals surface area contributed by atoms with Crippen LogP contribution in [0.15, 0.2) is 30.3 Å². The number of pyridine rings is 1. The number of nitrogens with zero attached hydrogens (tertiary/aromatic N) is 2. The van der Waals surface area contributed by atoms with Crippen LogP contribution >= 0.6 is 0 Å². The van der Waals surface area contributed by atoms with Gasteiger partial charge in [-0.15, -0.1) is 0 Å². The van der Waals surface area contributed by atoms with Crippen molar-refractivity contribution < 1.29 is 14.3 Å². The average molecular weight is 328 g/mol. The molecule has 1 aromatic heterocycles. The zero-order valence-electron chi connectivity index (χ0n) is 14.9. The minimum absolute atomic E-state index is 0.0473. The molecular weight excluding hydrogens is 304 g/mol. The molecule has 0 aliphatic rings. The van der Waals surface area contributed by atoms with E-state index in [1.807, 2.05) is 39.0 Å². The summed E-state index contributed by atoms with van der Waals surface area (Å²) in [5, 5.41) is 0. The summed E-state index contributed by atoms with van der Waals surface area (Å²) in [7, 11) is 3.39. The number of rotatable bonds is 6. The van der Waals surface area contributed by atoms with Crippen LogP contribution in [0.25, 0.3) is 0 Å². The van der Waals surface area contributed by atoms with Crippen LogP contribution in [0, 0.1) is 13.8 Å². The van der Waals surface area contributed by atoms with Crippen LogP contribution in [0.2, 0.25) is 0 Å². The van der Waals surface area contributed by atoms with Gasteiger partial charge >= 0.3 is 0 Å². The van der Waals surface area contributed by atoms with Gasteiger partial charge in [-0.05, 0) is 39.0 Å². The van der Waals surface area contributed by atoms with E-state index in [4.69, 9.17) is 9.47 Å². The number of benzene rings is 1. The first-order valence-corrected chi connectivity index (χ1v) is 7.95. The predicted octanol–water partition coefficient (Wildman–Crippen LogP) is 3.38. The van der Waals surface area contributed by atoms with Crippen molar-refractivity contribution in [1.82, 2.24) is 9.88 Å². The number of aromatic nitrogens is 1. The van der Waals surface area contributed by atoms with Gasteiger partial charge in [-0.3, -0.25) is 9.78 Å². The quantitative estimate of drug-likeness (QED) is 0.816. The number of hydrogen-bond donors (Lipinski definition) is 0. The molecule has 0 saturated heterocycles. The zero-order valence-corrected chi connectivity index (χ0v) is 14.9. The molecule has 0 unspecified atom stereocenters. The van der Waals surface area contributed by atoms with Gasteiger partial charge in [0.15, 0.2) is 11.5 Å². The van der Waals surface area contributed by atoms with Crippen LogP contribution in [0.1, 0.15) is 34.2 Å². The summed E-state index contributed by atoms with van der Waals surface area (Å²) in [4.78, 5) is 18.7. The molecule has 1 amide bonds. The molecule has 0 aliphatic carbocycles. The predicted molar refractivity (Wildman–Crippen MR) is 93.7 cm³/mol. The van der Waals surface area contributed by atoms with Crippen LogP contribution in [-0.4, -0.2) is 36.6 Å². The van der Waals surface area contributed by atoms with Gasteiger partial charge in [0.05, 0.1) is 13.7 Å². The van der Waals surface area contributed by atoms with Crippen molar-refractivity contribution in [2.45, 2.75) is 27.3 Å². The number of carbonyl (C=O) groups excluding carboxylic acids is 1. The molecule has 128 valence electrons. The second-order valence-electron chi connectivity index (χ2n) is 5.68. The van der Waals surface area contributed by atoms with Crippen LogP contribution in [0.4, 0.5) is 0 Å². The van der Waals surface area contributed by atoms with Gasteiger partial charge in [-0.2, -0.15) is 0 Å². The molecular formula is C19H24N2O3. The van der Waals surface area contributed by atoms with Crippen LogP contribution in [0.5, 0.6) is 11.5 Å². The molecule has 0 saturated carbocycles. The maximum Gasteiger partial charge on any atom is 0.254 e. The number of aryl methyl sites for hydroxylation is 2. The van der Waals surface area contributed by atoms with Crippen molar-refractivity contribution in [3.05, 3.63) is 52.8 Å². The van der Waals surface area contributed by atoms with E-state index in [-0.39, 0.29) is 5.91 Å². The van der Waals surface area contributed by atoms with Crippen molar-refractivity contribution >= 4 is 5.91 Å². The van der Waals surface area contributed by atoms with E-state index in [0.717, 1.165) is 17.0 Å². The molecule has 0 fully saturated rings. The van der Waals surface area contributed by atoms with Gasteiger partial charge in [0.2, 0.25) is 0 Å². The van der Waals surface area contributed by atoms with Gasteiger partial charge in [0.1, 0.15) is 0 Å². The largest absolute Gasteiger partial charge is 0.493 e. The summed E-state index contributed by atoms with van der Waals surface area (Å²) >= 11 is 0. The highest BCUT2D eigenvalue weighted by Crippen LogP contribution is 2.32. The lowest BCUT2D eigenvalue weighted by Crippen LogP contribution is -2.26. The number of para-hydroxylation sites is 1. The third-order valence-electron chi connectivity index (χ3n) is 3.65. The summed E-state index contributed by atoms with van der Waals surface area (Å²) in [5.41, 5.74) is 3.23. The van der Waals surface area contributed by atoms with E-state index in [0.29, 0.717) is 30.2 Å². The second kappa shape index (κ2) is 7.81. The second-order valence-corrected chi connectivity index (χ2v) is 5.68. The van der Waals surface area contributed by atoms with Crippen LogP contribution < -0.4 is 9.47 Å². The molecule has 0 spiro atoms. The highest BCUT2D eigenvalue weighted by atomic mass is 16.5. The van der Waals surface area contributed by atoms with Gasteiger partial charge in [0, 0.05) is 36.1 Å². The van der Waals surface area contributed by atoms with E-state index in [2.05, 4.69) is 4.98 Å². The van der Waals surface area contributed by atoms with Crippen molar-refractivity contribution in [3.8, 4) is 11.5 Å². The molecule has 1 aromatic carbocycles. The highest BCUT2D eigenvalue weighted by molar-refractivity contribution is 5.94. The van der Waals surface area contributed by atoms with Crippen LogP contribution in [0.3, 0.4) is 0 Å². The Kier molecular flexibility index (Phi) is 5.79. The fourth-order valence-electron chi connectivity index (χ4n) is 2.66. The molecule has 0 radical (unpaired) electrons. The van der Waals surface area contributed by atoms with Crippen molar-refractivity contribution in [1.29, 1.82) is 0 Å². The molecule has 5 nitrogen and oxygen atoms in total. The molecule has 0 bridgehead atoms. The Bertz CT molecular complexity index is 708. The number of hydrogen-bond acceptors (Lipinski definition) is 4. The molecule has 24 heavy (non-hydrogen) atoms. The summed E-state index contributed by atoms with van der Waals surface area (Å²) < 4.78 is 11.1. The third-order valence-corrected chi connectivity index (χ3v) is 3.65. The highest BCUT2D eigenvalue weighted by Gasteiger charge is 2.17. The molecule has 5 heteroatoms. The van der Waals surface area contributed by atoms with Crippen molar-refractivity contribution in [3.63, 3.8) is 0 Å². The van der Waals surface area contributed by atoms with E-state index in [1.165, 1.54) is 0 Å². The number of ether oxygens (including phenoxy) is 2. The van der Waals surface area contributed by atoms with Crippen molar-refractivity contribution in [2.75, 3.05) is 20.8 Å². The average Bonchev–Trinajstić information content (AvgIpc) is 2.54. The third kappa shape index (κ3) is 4.04. The summed E-state index contributed by atoms with van der Waals surface area (Å²) in [5.74, 6) is 1.31. The van der Waals surface area contributed by atoms with E-state index in [1.54, 1.807) is 31.2 Å². The normalized spacial score (nSPS) is 10.4. The Hall–Kier alpha value is -2.56. The lowest BCUT2D eigenvalue weighted by atomic mass is 10.1. The Morgan fingerprint density at radius 3 is 2.46 bits per heavy atom. The topological polar surface area (TPSA) is 51.7 Å². The van der Waals surface area contributed by atoms with Crippen molar-refractivity contribution in [2.24, 2.45) is 0 Å². The van der Waals surface area contributed by atoms with Gasteiger partial charge in [-0.1, -0.05) is 12.1 Å². The number of amides is 1. The summed E-state index contributed by atoms with van der Waals surface area (Å²) in [6.45, 7) is 6.67. The fraction of sp³-hybridized carbons (Fsp3) is 0.368. The molecule has 2 rings (SSSR count). The lowest BCUT2D eigenvalue weighted by Gasteiger charge is -2.21. The van der Waals surface area contributed by atoms with Crippen LogP contribution in [-0.2, 0) is 6.54 Å². The maximum atomic E-state index is 12.7. The molecule has 2 aromatic rings. The van der Waals surface area contributed by atoms with Gasteiger partial charge < -0.3 is 14.4 Å². The monoisotopic (exact) mass is 328 g/mol. The molecule has 0 N–H and O–H groups in total. The van der Waals surface area contributed by atoms with E-state index < -0.39 is 0 Å². The standard InChI is InChI=1S/C19H24N2O3/c1-6-24-18-15(8-7-9-17(18)23-5)12-21(4)19(22)16-10-13(2)20-14(3)11-16/h7-11H,6,12H2,1-5H3. The zero-order chi connectivity index (χ0) is 17.7. The van der Waals surface area contributed by atoms with E-state index >= 15 is 0 Å². The Morgan fingerprint density at radius 2 is 1.88 bits per heavy atom. The Balaban J connectivity index is 2.25. The Morgan fingerprint density at radius 1 is 1.21 bits per heavy atom. The number of carbonyl (C=O) groups is 1. The first-order valence-electron chi connectivity index (χ1n) is 7.95. The molecule has 0 aliphatic heterocycles. The maximum absolute atomic E-state index is 12.7. The Labute approximate surface area is 143 Å².